The lowest BCUT2D eigenvalue weighted by Crippen LogP contribution is -2.56. The van der Waals surface area contributed by atoms with Gasteiger partial charge in [-0.15, -0.1) is 0 Å². The van der Waals surface area contributed by atoms with Gasteiger partial charge in [-0.05, 0) is 74.2 Å². The Morgan fingerprint density at radius 3 is 2.54 bits per heavy atom. The van der Waals surface area contributed by atoms with Gasteiger partial charge in [0.2, 0.25) is 0 Å². The van der Waals surface area contributed by atoms with Crippen LogP contribution in [0, 0.1) is 28.6 Å². The molecule has 4 aliphatic carbocycles. The van der Waals surface area contributed by atoms with Gasteiger partial charge in [0.15, 0.2) is 0 Å². The van der Waals surface area contributed by atoms with E-state index in [0.717, 1.165) is 49.9 Å². The summed E-state index contributed by atoms with van der Waals surface area (Å²) in [7, 11) is 3.23. The number of oxime groups is 2. The Morgan fingerprint density at radius 1 is 1.04 bits per heavy atom. The Morgan fingerprint density at radius 2 is 1.81 bits per heavy atom. The monoisotopic (exact) mass is 360 g/mol. The molecule has 26 heavy (non-hydrogen) atoms. The number of nitrogens with zero attached hydrogens (tertiary/aromatic N) is 2. The molecular weight excluding hydrogens is 328 g/mol. The standard InChI is InChI=1S/C21H32N2O3/c1-20-10-9-14(22-25-3)11-13(20)5-6-15-16-7-8-18(23-26-4)21(16,2)19(24)12-17(15)20/h11,15-17,19,24H,5-10,12H2,1-4H3/b22-14+,23-18+/t15-,16-,17-,19+,20-,21-/m0/s1. The molecule has 1 N–H and O–H groups in total. The van der Waals surface area contributed by atoms with E-state index in [1.165, 1.54) is 12.0 Å². The maximum Gasteiger partial charge on any atom is 0.106 e. The van der Waals surface area contributed by atoms with Crippen LogP contribution in [-0.4, -0.2) is 36.9 Å². The Balaban J connectivity index is 1.68. The fraction of sp³-hybridized carbons (Fsp3) is 0.810. The highest BCUT2D eigenvalue weighted by molar-refractivity contribution is 5.96. The van der Waals surface area contributed by atoms with Crippen LogP contribution in [0.3, 0.4) is 0 Å². The molecule has 0 saturated heterocycles. The van der Waals surface area contributed by atoms with E-state index in [1.807, 2.05) is 0 Å². The lowest BCUT2D eigenvalue weighted by atomic mass is 9.46. The van der Waals surface area contributed by atoms with Crippen molar-refractivity contribution in [2.45, 2.75) is 64.9 Å². The number of hydrogen-bond donors (Lipinski definition) is 1. The van der Waals surface area contributed by atoms with Gasteiger partial charge in [0, 0.05) is 5.41 Å². The highest BCUT2D eigenvalue weighted by Gasteiger charge is 2.61. The molecule has 4 rings (SSSR count). The number of aliphatic hydroxyl groups excluding tert-OH is 1. The summed E-state index contributed by atoms with van der Waals surface area (Å²) >= 11 is 0. The minimum absolute atomic E-state index is 0.180. The van der Waals surface area contributed by atoms with E-state index >= 15 is 0 Å². The minimum atomic E-state index is -0.338. The van der Waals surface area contributed by atoms with Gasteiger partial charge in [-0.25, -0.2) is 0 Å². The molecule has 3 fully saturated rings. The minimum Gasteiger partial charge on any atom is -0.399 e. The summed E-state index contributed by atoms with van der Waals surface area (Å²) in [6.07, 6.45) is 9.31. The van der Waals surface area contributed by atoms with Crippen LogP contribution in [-0.2, 0) is 9.68 Å². The van der Waals surface area contributed by atoms with Crippen molar-refractivity contribution < 1.29 is 14.8 Å². The Labute approximate surface area is 156 Å². The van der Waals surface area contributed by atoms with E-state index in [9.17, 15) is 5.11 Å². The first-order chi connectivity index (χ1) is 12.4. The average Bonchev–Trinajstić information content (AvgIpc) is 2.95. The van der Waals surface area contributed by atoms with E-state index in [-0.39, 0.29) is 16.9 Å². The van der Waals surface area contributed by atoms with Gasteiger partial charge in [-0.1, -0.05) is 29.7 Å². The molecule has 0 amide bonds. The second-order valence-corrected chi connectivity index (χ2v) is 9.06. The highest BCUT2D eigenvalue weighted by Crippen LogP contribution is 2.64. The van der Waals surface area contributed by atoms with Crippen molar-refractivity contribution >= 4 is 11.4 Å². The summed E-state index contributed by atoms with van der Waals surface area (Å²) in [5, 5.41) is 19.7. The molecule has 3 saturated carbocycles. The molecule has 0 spiro atoms. The van der Waals surface area contributed by atoms with Crippen LogP contribution in [0.2, 0.25) is 0 Å². The van der Waals surface area contributed by atoms with Crippen molar-refractivity contribution in [1.29, 1.82) is 0 Å². The van der Waals surface area contributed by atoms with Crippen molar-refractivity contribution in [2.24, 2.45) is 38.9 Å². The molecule has 5 nitrogen and oxygen atoms in total. The Kier molecular flexibility index (Phi) is 4.41. The van der Waals surface area contributed by atoms with Crippen LogP contribution in [0.5, 0.6) is 0 Å². The first-order valence-corrected chi connectivity index (χ1v) is 10.0. The van der Waals surface area contributed by atoms with Gasteiger partial charge in [0.05, 0.1) is 17.5 Å². The number of hydrogen-bond acceptors (Lipinski definition) is 5. The second kappa shape index (κ2) is 6.36. The van der Waals surface area contributed by atoms with Crippen molar-refractivity contribution in [2.75, 3.05) is 14.2 Å². The lowest BCUT2D eigenvalue weighted by molar-refractivity contribution is -0.0925. The topological polar surface area (TPSA) is 63.4 Å². The molecule has 0 bridgehead atoms. The molecule has 0 aromatic rings. The smallest absolute Gasteiger partial charge is 0.106 e. The van der Waals surface area contributed by atoms with Crippen LogP contribution < -0.4 is 0 Å². The Bertz CT molecular complexity index is 670. The number of rotatable bonds is 2. The van der Waals surface area contributed by atoms with Crippen LogP contribution in [0.1, 0.15) is 58.8 Å². The molecule has 0 radical (unpaired) electrons. The van der Waals surface area contributed by atoms with Crippen LogP contribution in [0.25, 0.3) is 0 Å². The van der Waals surface area contributed by atoms with E-state index in [0.29, 0.717) is 17.8 Å². The van der Waals surface area contributed by atoms with Crippen molar-refractivity contribution in [3.63, 3.8) is 0 Å². The summed E-state index contributed by atoms with van der Waals surface area (Å²) in [5.74, 6) is 1.72. The molecule has 0 heterocycles. The van der Waals surface area contributed by atoms with Crippen molar-refractivity contribution in [3.8, 4) is 0 Å². The molecule has 0 aromatic heterocycles. The first-order valence-electron chi connectivity index (χ1n) is 10.0. The van der Waals surface area contributed by atoms with E-state index in [4.69, 9.17) is 9.68 Å². The highest BCUT2D eigenvalue weighted by atomic mass is 16.6. The fourth-order valence-corrected chi connectivity index (χ4v) is 6.78. The SMILES string of the molecule is CO/N=C1/C=C2CC[C@H]3[C@@H]4CC/C(=N\OC)[C@@]4(C)[C@H](O)C[C@@H]3[C@@]2(C)CC1. The van der Waals surface area contributed by atoms with E-state index in [1.54, 1.807) is 14.2 Å². The maximum absolute atomic E-state index is 11.2. The summed E-state index contributed by atoms with van der Waals surface area (Å²) in [6, 6.07) is 0. The third kappa shape index (κ3) is 2.39. The largest absolute Gasteiger partial charge is 0.399 e. The number of fused-ring (bicyclic) bond motifs is 5. The molecular formula is C21H32N2O3. The summed E-state index contributed by atoms with van der Waals surface area (Å²) in [4.78, 5) is 10.1. The third-order valence-corrected chi connectivity index (χ3v) is 8.24. The van der Waals surface area contributed by atoms with E-state index in [2.05, 4.69) is 30.2 Å². The molecule has 0 aromatic carbocycles. The maximum atomic E-state index is 11.2. The van der Waals surface area contributed by atoms with Crippen LogP contribution >= 0.6 is 0 Å². The van der Waals surface area contributed by atoms with Crippen molar-refractivity contribution in [1.82, 2.24) is 0 Å². The van der Waals surface area contributed by atoms with Crippen molar-refractivity contribution in [3.05, 3.63) is 11.6 Å². The number of aliphatic hydroxyl groups is 1. The van der Waals surface area contributed by atoms with Gasteiger partial charge < -0.3 is 14.8 Å². The van der Waals surface area contributed by atoms with E-state index < -0.39 is 0 Å². The normalized spacial score (nSPS) is 47.8. The summed E-state index contributed by atoms with van der Waals surface area (Å²) in [6.45, 7) is 4.65. The molecule has 144 valence electrons. The molecule has 0 aliphatic heterocycles. The second-order valence-electron chi connectivity index (χ2n) is 9.06. The quantitative estimate of drug-likeness (QED) is 0.759. The lowest BCUT2D eigenvalue weighted by Gasteiger charge is -2.58. The zero-order chi connectivity index (χ0) is 18.5. The zero-order valence-corrected chi connectivity index (χ0v) is 16.5. The summed E-state index contributed by atoms with van der Waals surface area (Å²) in [5.41, 5.74) is 3.61. The first kappa shape index (κ1) is 18.0. The van der Waals surface area contributed by atoms with Crippen LogP contribution in [0.15, 0.2) is 22.0 Å². The van der Waals surface area contributed by atoms with Gasteiger partial charge in [-0.3, -0.25) is 0 Å². The fourth-order valence-electron chi connectivity index (χ4n) is 6.78. The van der Waals surface area contributed by atoms with Gasteiger partial charge >= 0.3 is 0 Å². The molecule has 4 aliphatic rings. The average molecular weight is 360 g/mol. The molecule has 0 unspecified atom stereocenters. The summed E-state index contributed by atoms with van der Waals surface area (Å²) < 4.78 is 0. The zero-order valence-electron chi connectivity index (χ0n) is 16.5. The van der Waals surface area contributed by atoms with Gasteiger partial charge in [0.1, 0.15) is 14.2 Å². The third-order valence-electron chi connectivity index (χ3n) is 8.24. The molecule has 5 heteroatoms. The predicted octanol–water partition coefficient (Wildman–Crippen LogP) is 3.92. The van der Waals surface area contributed by atoms with Gasteiger partial charge in [-0.2, -0.15) is 0 Å². The predicted molar refractivity (Wildman–Crippen MR) is 102 cm³/mol. The molecule has 6 atom stereocenters. The van der Waals surface area contributed by atoms with Gasteiger partial charge in [0.25, 0.3) is 0 Å². The number of allylic oxidation sites excluding steroid dienone is 2. The van der Waals surface area contributed by atoms with Crippen LogP contribution in [0.4, 0.5) is 0 Å². The Hall–Kier alpha value is -1.36.